The van der Waals surface area contributed by atoms with Crippen molar-refractivity contribution >= 4 is 46.3 Å². The van der Waals surface area contributed by atoms with Crippen LogP contribution >= 0.6 is 22.9 Å². The summed E-state index contributed by atoms with van der Waals surface area (Å²) in [6.07, 6.45) is 2.35. The first-order chi connectivity index (χ1) is 15.9. The van der Waals surface area contributed by atoms with E-state index >= 15 is 0 Å². The van der Waals surface area contributed by atoms with Crippen molar-refractivity contribution in [3.05, 3.63) is 57.4 Å². The fraction of sp³-hybridized carbons (Fsp3) is 0.375. The molecule has 3 aromatic rings. The summed E-state index contributed by atoms with van der Waals surface area (Å²) in [4.78, 5) is 28.1. The van der Waals surface area contributed by atoms with Crippen LogP contribution in [0.25, 0.3) is 5.69 Å². The smallest absolute Gasteiger partial charge is 0.223 e. The Morgan fingerprint density at radius 2 is 1.91 bits per heavy atom. The lowest BCUT2D eigenvalue weighted by Crippen LogP contribution is -2.41. The minimum atomic E-state index is -0.144. The van der Waals surface area contributed by atoms with Crippen LogP contribution in [0.1, 0.15) is 30.3 Å². The third-order valence-corrected chi connectivity index (χ3v) is 7.01. The lowest BCUT2D eigenvalue weighted by Gasteiger charge is -2.33. The maximum absolute atomic E-state index is 12.7. The molecule has 0 atom stereocenters. The molecule has 0 bridgehead atoms. The lowest BCUT2D eigenvalue weighted by molar-refractivity contribution is -0.125. The van der Waals surface area contributed by atoms with Gasteiger partial charge in [0.1, 0.15) is 5.69 Å². The molecule has 9 heteroatoms. The monoisotopic (exact) mass is 485 g/mol. The first kappa shape index (κ1) is 23.3. The molecule has 1 aliphatic rings. The number of anilines is 2. The molecule has 1 fully saturated rings. The lowest BCUT2D eigenvalue weighted by atomic mass is 9.95. The van der Waals surface area contributed by atoms with E-state index in [1.807, 2.05) is 41.9 Å². The topological polar surface area (TPSA) is 79.3 Å². The summed E-state index contributed by atoms with van der Waals surface area (Å²) in [5.74, 6) is 0.800. The van der Waals surface area contributed by atoms with Crippen molar-refractivity contribution in [3.63, 3.8) is 0 Å². The molecule has 7 nitrogen and oxygen atoms in total. The van der Waals surface area contributed by atoms with Gasteiger partial charge in [0.05, 0.1) is 11.4 Å². The van der Waals surface area contributed by atoms with Gasteiger partial charge in [-0.15, -0.1) is 11.3 Å². The van der Waals surface area contributed by atoms with E-state index in [1.165, 1.54) is 11.8 Å². The maximum Gasteiger partial charge on any atom is 0.223 e. The molecule has 33 heavy (non-hydrogen) atoms. The number of carbonyl (C=O) groups excluding carboxylic acids is 2. The molecule has 4 rings (SSSR count). The van der Waals surface area contributed by atoms with Crippen LogP contribution < -0.4 is 15.5 Å². The number of nitrogens with zero attached hydrogens (tertiary/aromatic N) is 3. The predicted molar refractivity (Wildman–Crippen MR) is 134 cm³/mol. The molecule has 1 saturated heterocycles. The van der Waals surface area contributed by atoms with E-state index in [-0.39, 0.29) is 17.7 Å². The zero-order valence-electron chi connectivity index (χ0n) is 18.8. The Hall–Kier alpha value is -2.84. The van der Waals surface area contributed by atoms with E-state index in [0.717, 1.165) is 36.5 Å². The summed E-state index contributed by atoms with van der Waals surface area (Å²) in [6.45, 7) is 5.45. The van der Waals surface area contributed by atoms with E-state index in [9.17, 15) is 9.59 Å². The Morgan fingerprint density at radius 3 is 2.55 bits per heavy atom. The van der Waals surface area contributed by atoms with Gasteiger partial charge in [-0.3, -0.25) is 9.59 Å². The van der Waals surface area contributed by atoms with E-state index in [0.29, 0.717) is 30.3 Å². The Balaban J connectivity index is 1.46. The molecule has 1 aromatic carbocycles. The normalized spacial score (nSPS) is 14.3. The van der Waals surface area contributed by atoms with E-state index in [4.69, 9.17) is 16.7 Å². The summed E-state index contributed by atoms with van der Waals surface area (Å²) in [7, 11) is 0. The van der Waals surface area contributed by atoms with E-state index in [1.54, 1.807) is 11.3 Å². The molecule has 0 spiro atoms. The first-order valence-electron chi connectivity index (χ1n) is 11.1. The minimum Gasteiger partial charge on any atom is -0.355 e. The van der Waals surface area contributed by atoms with Gasteiger partial charge in [0, 0.05) is 42.4 Å². The summed E-state index contributed by atoms with van der Waals surface area (Å²) in [5.41, 5.74) is 2.31. The fourth-order valence-corrected chi connectivity index (χ4v) is 4.99. The molecule has 3 heterocycles. The molecular weight excluding hydrogens is 458 g/mol. The number of amides is 2. The van der Waals surface area contributed by atoms with Crippen LogP contribution in [-0.2, 0) is 16.0 Å². The van der Waals surface area contributed by atoms with E-state index in [2.05, 4.69) is 27.0 Å². The second-order valence-electron chi connectivity index (χ2n) is 8.24. The fourth-order valence-electron chi connectivity index (χ4n) is 4.15. The number of rotatable bonds is 7. The standard InChI is InChI=1S/C24H28ClN5O2S/c1-16-22(27-17(2)31)24(30(28-16)20-7-5-19(25)6-8-20)29-13-10-18(11-14-29)23(32)26-12-9-21-4-3-15-33-21/h3-8,15,18H,9-14H2,1-2H3,(H,26,32)(H,27,31). The Bertz CT molecular complexity index is 1100. The van der Waals surface area contributed by atoms with E-state index < -0.39 is 0 Å². The molecule has 2 aromatic heterocycles. The SMILES string of the molecule is CC(=O)Nc1c(C)nn(-c2ccc(Cl)cc2)c1N1CCC(C(=O)NCCc2cccs2)CC1. The molecular formula is C24H28ClN5O2S. The second-order valence-corrected chi connectivity index (χ2v) is 9.70. The highest BCUT2D eigenvalue weighted by atomic mass is 35.5. The van der Waals surface area contributed by atoms with Crippen molar-refractivity contribution in [2.75, 3.05) is 29.9 Å². The van der Waals surface area contributed by atoms with Gasteiger partial charge in [0.15, 0.2) is 5.82 Å². The largest absolute Gasteiger partial charge is 0.355 e. The van der Waals surface area contributed by atoms with Crippen LogP contribution in [0.2, 0.25) is 5.02 Å². The number of aryl methyl sites for hydroxylation is 1. The van der Waals surface area contributed by atoms with Gasteiger partial charge in [-0.25, -0.2) is 4.68 Å². The first-order valence-corrected chi connectivity index (χ1v) is 12.4. The van der Waals surface area contributed by atoms with Gasteiger partial charge in [-0.05, 0) is 61.9 Å². The number of hydrogen-bond acceptors (Lipinski definition) is 5. The van der Waals surface area contributed by atoms with Crippen LogP contribution in [0.15, 0.2) is 41.8 Å². The summed E-state index contributed by atoms with van der Waals surface area (Å²) in [6, 6.07) is 11.6. The average molecular weight is 486 g/mol. The van der Waals surface area contributed by atoms with Gasteiger partial charge in [0.2, 0.25) is 11.8 Å². The van der Waals surface area contributed by atoms with Crippen molar-refractivity contribution in [2.24, 2.45) is 5.92 Å². The third kappa shape index (κ3) is 5.57. The number of carbonyl (C=O) groups is 2. The number of aromatic nitrogens is 2. The quantitative estimate of drug-likeness (QED) is 0.519. The molecule has 0 unspecified atom stereocenters. The van der Waals surface area contributed by atoms with Crippen LogP contribution in [0, 0.1) is 12.8 Å². The summed E-state index contributed by atoms with van der Waals surface area (Å²) in [5, 5.41) is 13.4. The highest BCUT2D eigenvalue weighted by molar-refractivity contribution is 7.09. The zero-order chi connectivity index (χ0) is 23.4. The molecule has 2 N–H and O–H groups in total. The van der Waals surface area contributed by atoms with Crippen LogP contribution in [0.3, 0.4) is 0 Å². The zero-order valence-corrected chi connectivity index (χ0v) is 20.4. The Kier molecular flexibility index (Phi) is 7.35. The van der Waals surface area contributed by atoms with Crippen molar-refractivity contribution in [2.45, 2.75) is 33.1 Å². The van der Waals surface area contributed by atoms with Gasteiger partial charge in [-0.2, -0.15) is 5.10 Å². The predicted octanol–water partition coefficient (Wildman–Crippen LogP) is 4.43. The molecule has 0 radical (unpaired) electrons. The van der Waals surface area contributed by atoms with Crippen LogP contribution in [0.5, 0.6) is 0 Å². The van der Waals surface area contributed by atoms with Gasteiger partial charge >= 0.3 is 0 Å². The summed E-state index contributed by atoms with van der Waals surface area (Å²) >= 11 is 7.78. The van der Waals surface area contributed by atoms with Crippen molar-refractivity contribution in [1.82, 2.24) is 15.1 Å². The number of benzene rings is 1. The Morgan fingerprint density at radius 1 is 1.18 bits per heavy atom. The number of thiophene rings is 1. The molecule has 1 aliphatic heterocycles. The number of piperidine rings is 1. The average Bonchev–Trinajstić information content (AvgIpc) is 3.42. The molecule has 0 aliphatic carbocycles. The third-order valence-electron chi connectivity index (χ3n) is 5.82. The van der Waals surface area contributed by atoms with Crippen molar-refractivity contribution in [3.8, 4) is 5.69 Å². The van der Waals surface area contributed by atoms with Gasteiger partial charge in [-0.1, -0.05) is 17.7 Å². The van der Waals surface area contributed by atoms with Gasteiger partial charge in [0.25, 0.3) is 0 Å². The van der Waals surface area contributed by atoms with Crippen LogP contribution in [-0.4, -0.2) is 41.2 Å². The number of nitrogens with one attached hydrogen (secondary N) is 2. The summed E-state index contributed by atoms with van der Waals surface area (Å²) < 4.78 is 1.85. The highest BCUT2D eigenvalue weighted by Crippen LogP contribution is 2.35. The van der Waals surface area contributed by atoms with Crippen molar-refractivity contribution in [1.29, 1.82) is 0 Å². The van der Waals surface area contributed by atoms with Crippen molar-refractivity contribution < 1.29 is 9.59 Å². The molecule has 2 amide bonds. The van der Waals surface area contributed by atoms with Crippen LogP contribution in [0.4, 0.5) is 11.5 Å². The van der Waals surface area contributed by atoms with Gasteiger partial charge < -0.3 is 15.5 Å². The number of hydrogen-bond donors (Lipinski definition) is 2. The second kappa shape index (κ2) is 10.4. The molecule has 0 saturated carbocycles. The Labute approximate surface area is 202 Å². The highest BCUT2D eigenvalue weighted by Gasteiger charge is 2.29. The molecule has 174 valence electrons. The number of halogens is 1. The maximum atomic E-state index is 12.7. The minimum absolute atomic E-state index is 0.0122.